The van der Waals surface area contributed by atoms with Crippen LogP contribution in [0.1, 0.15) is 50.2 Å². The molecule has 0 fully saturated rings. The number of para-hydroxylation sites is 2. The zero-order valence-electron chi connectivity index (χ0n) is 27.3. The van der Waals surface area contributed by atoms with Crippen molar-refractivity contribution >= 4 is 28.5 Å². The molecular formula is C35H41N5O6. The summed E-state index contributed by atoms with van der Waals surface area (Å²) in [6.45, 7) is 5.53. The van der Waals surface area contributed by atoms with Gasteiger partial charge >= 0.3 is 0 Å². The van der Waals surface area contributed by atoms with Crippen LogP contribution in [0.15, 0.2) is 53.3 Å². The first-order chi connectivity index (χ1) is 22.1. The summed E-state index contributed by atoms with van der Waals surface area (Å²) in [5.41, 5.74) is 4.81. The van der Waals surface area contributed by atoms with Crippen LogP contribution in [0.4, 0.5) is 5.69 Å². The number of benzene rings is 2. The predicted octanol–water partition coefficient (Wildman–Crippen LogP) is 4.50. The van der Waals surface area contributed by atoms with Crippen LogP contribution in [0.5, 0.6) is 17.2 Å². The largest absolute Gasteiger partial charge is 0.493 e. The molecule has 5 rings (SSSR count). The lowest BCUT2D eigenvalue weighted by Gasteiger charge is -2.22. The third kappa shape index (κ3) is 6.22. The molecule has 0 aliphatic heterocycles. The van der Waals surface area contributed by atoms with Crippen LogP contribution < -0.4 is 35.6 Å². The SMILES string of the molecule is COc1cc2c(c(OC)c1OC)-c1ccc(NC(C(=O)NCc3nc4ccccc4n3C)C(C)C)c(=O)cc1C(NC(C)=O)CC2. The molecule has 0 radical (unpaired) electrons. The Bertz CT molecular complexity index is 1850. The van der Waals surface area contributed by atoms with E-state index in [2.05, 4.69) is 20.9 Å². The molecule has 4 aromatic rings. The second-order valence-electron chi connectivity index (χ2n) is 11.8. The van der Waals surface area contributed by atoms with E-state index < -0.39 is 12.1 Å². The van der Waals surface area contributed by atoms with E-state index in [0.717, 1.165) is 28.0 Å². The number of fused-ring (bicyclic) bond motifs is 4. The molecule has 3 N–H and O–H groups in total. The molecule has 1 aliphatic rings. The van der Waals surface area contributed by atoms with E-state index in [1.807, 2.05) is 61.9 Å². The van der Waals surface area contributed by atoms with Crippen LogP contribution in [-0.4, -0.2) is 48.7 Å². The van der Waals surface area contributed by atoms with Crippen molar-refractivity contribution in [2.75, 3.05) is 26.6 Å². The van der Waals surface area contributed by atoms with Crippen molar-refractivity contribution in [3.05, 3.63) is 75.7 Å². The summed E-state index contributed by atoms with van der Waals surface area (Å²) < 4.78 is 19.1. The Morgan fingerprint density at radius 1 is 1.02 bits per heavy atom. The van der Waals surface area contributed by atoms with Crippen LogP contribution in [0, 0.1) is 5.92 Å². The van der Waals surface area contributed by atoms with Gasteiger partial charge < -0.3 is 34.7 Å². The van der Waals surface area contributed by atoms with Gasteiger partial charge in [-0.05, 0) is 65.8 Å². The number of hydrogen-bond donors (Lipinski definition) is 3. The van der Waals surface area contributed by atoms with Gasteiger partial charge in [0.25, 0.3) is 0 Å². The number of anilines is 1. The predicted molar refractivity (Wildman–Crippen MR) is 177 cm³/mol. The van der Waals surface area contributed by atoms with Gasteiger partial charge in [0.2, 0.25) is 23.0 Å². The van der Waals surface area contributed by atoms with Gasteiger partial charge in [-0.25, -0.2) is 4.98 Å². The van der Waals surface area contributed by atoms with E-state index in [1.165, 1.54) is 13.0 Å². The number of imidazole rings is 1. The standard InChI is InChI=1S/C35H41N5O6/c1-19(2)32(35(43)36-18-30-38-25-10-8-9-11-27(25)40(30)4)39-26-15-13-22-23(17-28(26)42)24(37-20(3)41)14-12-21-16-29(44-5)33(45-6)34(46-7)31(21)22/h8-11,13,15-17,19,24,32H,12,14,18H2,1-7H3,(H,36,43)(H,37,41)(H,39,42). The molecule has 2 amide bonds. The number of hydrogen-bond acceptors (Lipinski definition) is 8. The summed E-state index contributed by atoms with van der Waals surface area (Å²) in [5, 5.41) is 9.23. The molecule has 1 aliphatic carbocycles. The van der Waals surface area contributed by atoms with E-state index in [4.69, 9.17) is 14.2 Å². The monoisotopic (exact) mass is 627 g/mol. The van der Waals surface area contributed by atoms with Crippen molar-refractivity contribution in [1.29, 1.82) is 0 Å². The molecule has 0 saturated heterocycles. The summed E-state index contributed by atoms with van der Waals surface area (Å²) in [5.74, 6) is 1.53. The van der Waals surface area contributed by atoms with Crippen molar-refractivity contribution < 1.29 is 23.8 Å². The second-order valence-corrected chi connectivity index (χ2v) is 11.8. The highest BCUT2D eigenvalue weighted by molar-refractivity contribution is 5.86. The smallest absolute Gasteiger partial charge is 0.243 e. The van der Waals surface area contributed by atoms with Crippen LogP contribution in [0.25, 0.3) is 22.2 Å². The molecule has 11 nitrogen and oxygen atoms in total. The molecule has 0 spiro atoms. The maximum atomic E-state index is 13.8. The summed E-state index contributed by atoms with van der Waals surface area (Å²) in [4.78, 5) is 44.3. The van der Waals surface area contributed by atoms with Gasteiger partial charge in [-0.1, -0.05) is 32.0 Å². The first kappa shape index (κ1) is 32.3. The van der Waals surface area contributed by atoms with Crippen LogP contribution in [0.2, 0.25) is 0 Å². The number of carbonyl (C=O) groups is 2. The molecule has 2 atom stereocenters. The molecule has 46 heavy (non-hydrogen) atoms. The normalized spacial score (nSPS) is 14.5. The van der Waals surface area contributed by atoms with E-state index in [1.54, 1.807) is 27.4 Å². The fourth-order valence-corrected chi connectivity index (χ4v) is 6.16. The first-order valence-electron chi connectivity index (χ1n) is 15.3. The van der Waals surface area contributed by atoms with E-state index >= 15 is 0 Å². The summed E-state index contributed by atoms with van der Waals surface area (Å²) in [6, 6.07) is 13.6. The van der Waals surface area contributed by atoms with E-state index in [0.29, 0.717) is 41.2 Å². The number of nitrogens with one attached hydrogen (secondary N) is 3. The minimum Gasteiger partial charge on any atom is -0.493 e. The Morgan fingerprint density at radius 3 is 2.41 bits per heavy atom. The molecule has 1 aromatic heterocycles. The van der Waals surface area contributed by atoms with E-state index in [9.17, 15) is 14.4 Å². The van der Waals surface area contributed by atoms with Gasteiger partial charge in [0.1, 0.15) is 11.9 Å². The molecule has 0 saturated carbocycles. The molecule has 0 bridgehead atoms. The fourth-order valence-electron chi connectivity index (χ4n) is 6.16. The Kier molecular flexibility index (Phi) is 9.50. The molecular weight excluding hydrogens is 586 g/mol. The second kappa shape index (κ2) is 13.5. The summed E-state index contributed by atoms with van der Waals surface area (Å²) in [7, 11) is 6.58. The third-order valence-electron chi connectivity index (χ3n) is 8.48. The van der Waals surface area contributed by atoms with Gasteiger partial charge in [-0.3, -0.25) is 14.4 Å². The van der Waals surface area contributed by atoms with Crippen LogP contribution in [-0.2, 0) is 29.6 Å². The average Bonchev–Trinajstić information content (AvgIpc) is 3.17. The Hall–Kier alpha value is -5.06. The zero-order chi connectivity index (χ0) is 33.1. The summed E-state index contributed by atoms with van der Waals surface area (Å²) >= 11 is 0. The van der Waals surface area contributed by atoms with Gasteiger partial charge in [0, 0.05) is 19.5 Å². The maximum Gasteiger partial charge on any atom is 0.243 e. The minimum atomic E-state index is -0.707. The average molecular weight is 628 g/mol. The van der Waals surface area contributed by atoms with Crippen molar-refractivity contribution in [2.24, 2.45) is 13.0 Å². The van der Waals surface area contributed by atoms with Gasteiger partial charge in [0.05, 0.1) is 50.6 Å². The van der Waals surface area contributed by atoms with Gasteiger partial charge in [-0.2, -0.15) is 0 Å². The zero-order valence-corrected chi connectivity index (χ0v) is 27.3. The lowest BCUT2D eigenvalue weighted by Crippen LogP contribution is -2.43. The molecule has 3 aromatic carbocycles. The highest BCUT2D eigenvalue weighted by atomic mass is 16.5. The molecule has 11 heteroatoms. The van der Waals surface area contributed by atoms with Crippen molar-refractivity contribution in [3.8, 4) is 28.4 Å². The van der Waals surface area contributed by atoms with Crippen LogP contribution >= 0.6 is 0 Å². The van der Waals surface area contributed by atoms with Crippen LogP contribution in [0.3, 0.4) is 0 Å². The van der Waals surface area contributed by atoms with Crippen molar-refractivity contribution in [2.45, 2.75) is 52.2 Å². The first-order valence-corrected chi connectivity index (χ1v) is 15.3. The summed E-state index contributed by atoms with van der Waals surface area (Å²) in [6.07, 6.45) is 1.14. The van der Waals surface area contributed by atoms with Crippen molar-refractivity contribution in [3.63, 3.8) is 0 Å². The number of rotatable bonds is 10. The Balaban J connectivity index is 1.53. The third-order valence-corrected chi connectivity index (χ3v) is 8.48. The van der Waals surface area contributed by atoms with Gasteiger partial charge in [-0.15, -0.1) is 0 Å². The topological polar surface area (TPSA) is 133 Å². The molecule has 2 unspecified atom stereocenters. The number of nitrogens with zero attached hydrogens (tertiary/aromatic N) is 2. The Morgan fingerprint density at radius 2 is 1.76 bits per heavy atom. The van der Waals surface area contributed by atoms with Gasteiger partial charge in [0.15, 0.2) is 11.5 Å². The fraction of sp³-hybridized carbons (Fsp3) is 0.371. The Labute approximate surface area is 268 Å². The quantitative estimate of drug-likeness (QED) is 0.234. The highest BCUT2D eigenvalue weighted by Gasteiger charge is 2.30. The number of aryl methyl sites for hydroxylation is 2. The number of methoxy groups -OCH3 is 3. The lowest BCUT2D eigenvalue weighted by molar-refractivity contribution is -0.123. The number of carbonyl (C=O) groups excluding carboxylic acids is 2. The number of amides is 2. The van der Waals surface area contributed by atoms with Crippen molar-refractivity contribution in [1.82, 2.24) is 20.2 Å². The molecule has 242 valence electrons. The van der Waals surface area contributed by atoms with E-state index in [-0.39, 0.29) is 35.4 Å². The number of ether oxygens (including phenoxy) is 3. The maximum absolute atomic E-state index is 13.8. The molecule has 1 heterocycles. The highest BCUT2D eigenvalue weighted by Crippen LogP contribution is 2.50. The number of aromatic nitrogens is 2. The minimum absolute atomic E-state index is 0.146. The lowest BCUT2D eigenvalue weighted by atomic mass is 9.95.